The molecule has 0 aliphatic rings. The quantitative estimate of drug-likeness (QED) is 0.555. The van der Waals surface area contributed by atoms with Crippen molar-refractivity contribution < 1.29 is 4.39 Å². The molecule has 39 valence electrons. The molecule has 0 nitrogen and oxygen atoms in total. The van der Waals surface area contributed by atoms with Crippen LogP contribution in [0, 0.1) is 5.82 Å². The van der Waals surface area contributed by atoms with Gasteiger partial charge in [-0.15, -0.1) is 0 Å². The molecule has 3 radical (unpaired) electrons. The van der Waals surface area contributed by atoms with Crippen LogP contribution >= 0.6 is 0 Å². The Hall–Kier alpha value is -0.0513. The molecule has 0 saturated heterocycles. The van der Waals surface area contributed by atoms with Crippen molar-refractivity contribution in [2.24, 2.45) is 0 Å². The Kier molecular flexibility index (Phi) is 1.89. The average molecular weight is 214 g/mol. The molecule has 1 aromatic carbocycles. The van der Waals surface area contributed by atoms with Crippen LogP contribution in [0.4, 0.5) is 4.39 Å². The maximum atomic E-state index is 12.3. The van der Waals surface area contributed by atoms with Crippen LogP contribution in [0.5, 0.6) is 0 Å². The van der Waals surface area contributed by atoms with E-state index in [0.717, 1.165) is 26.1 Å². The zero-order valence-electron chi connectivity index (χ0n) is 4.19. The van der Waals surface area contributed by atoms with E-state index >= 15 is 0 Å². The Morgan fingerprint density at radius 1 is 1.25 bits per heavy atom. The molecule has 2 heteroatoms. The second-order valence-electron chi connectivity index (χ2n) is 1.48. The SMILES string of the molecule is Fc1cccc[c]1[Sn]. The molecule has 0 unspecified atom stereocenters. The van der Waals surface area contributed by atoms with E-state index in [1.165, 1.54) is 6.07 Å². The first kappa shape index (κ1) is 6.07. The molecule has 0 spiro atoms. The van der Waals surface area contributed by atoms with Crippen molar-refractivity contribution in [1.82, 2.24) is 0 Å². The number of halogens is 1. The van der Waals surface area contributed by atoms with Crippen LogP contribution < -0.4 is 3.58 Å². The molecular weight excluding hydrogens is 210 g/mol. The van der Waals surface area contributed by atoms with Crippen LogP contribution in [-0.2, 0) is 0 Å². The molecule has 0 amide bonds. The summed E-state index contributed by atoms with van der Waals surface area (Å²) in [5, 5.41) is 0. The normalized spacial score (nSPS) is 9.25. The van der Waals surface area contributed by atoms with Crippen molar-refractivity contribution in [3.63, 3.8) is 0 Å². The van der Waals surface area contributed by atoms with Crippen molar-refractivity contribution in [2.75, 3.05) is 0 Å². The van der Waals surface area contributed by atoms with Crippen molar-refractivity contribution in [3.05, 3.63) is 30.1 Å². The summed E-state index contributed by atoms with van der Waals surface area (Å²) < 4.78 is 13.1. The van der Waals surface area contributed by atoms with Gasteiger partial charge in [0.15, 0.2) is 0 Å². The Bertz CT molecular complexity index is 165. The molecule has 0 saturated carbocycles. The molecule has 1 rings (SSSR count). The molecule has 0 aliphatic carbocycles. The number of benzene rings is 1. The third kappa shape index (κ3) is 1.22. The first-order valence-corrected chi connectivity index (χ1v) is 3.69. The number of hydrogen-bond donors (Lipinski definition) is 0. The fourth-order valence-electron chi connectivity index (χ4n) is 0.461. The van der Waals surface area contributed by atoms with Crippen molar-refractivity contribution >= 4 is 26.1 Å². The van der Waals surface area contributed by atoms with Crippen molar-refractivity contribution in [3.8, 4) is 0 Å². The van der Waals surface area contributed by atoms with E-state index < -0.39 is 0 Å². The van der Waals surface area contributed by atoms with Gasteiger partial charge >= 0.3 is 60.6 Å². The van der Waals surface area contributed by atoms with Gasteiger partial charge in [0.25, 0.3) is 0 Å². The third-order valence-electron chi connectivity index (χ3n) is 0.874. The maximum absolute atomic E-state index is 12.3. The van der Waals surface area contributed by atoms with Gasteiger partial charge in [-0.2, -0.15) is 0 Å². The van der Waals surface area contributed by atoms with E-state index in [9.17, 15) is 4.39 Å². The van der Waals surface area contributed by atoms with E-state index in [0.29, 0.717) is 0 Å². The first-order valence-electron chi connectivity index (χ1n) is 2.27. The van der Waals surface area contributed by atoms with Crippen LogP contribution in [0.3, 0.4) is 0 Å². The summed E-state index contributed by atoms with van der Waals surface area (Å²) in [5.41, 5.74) is 0. The topological polar surface area (TPSA) is 0 Å². The first-order chi connectivity index (χ1) is 3.80. The summed E-state index contributed by atoms with van der Waals surface area (Å²) in [6, 6.07) is 6.80. The molecule has 0 N–H and O–H groups in total. The van der Waals surface area contributed by atoms with Gasteiger partial charge in [-0.3, -0.25) is 0 Å². The van der Waals surface area contributed by atoms with Gasteiger partial charge in [0.05, 0.1) is 0 Å². The van der Waals surface area contributed by atoms with Crippen LogP contribution in [0.2, 0.25) is 0 Å². The second kappa shape index (κ2) is 2.48. The van der Waals surface area contributed by atoms with Gasteiger partial charge in [-0.25, -0.2) is 0 Å². The molecule has 0 atom stereocenters. The summed E-state index contributed by atoms with van der Waals surface area (Å²) in [4.78, 5) is 0. The molecule has 0 aromatic heterocycles. The summed E-state index contributed by atoms with van der Waals surface area (Å²) >= 11 is 1.13. The Labute approximate surface area is 60.8 Å². The molecule has 0 aliphatic heterocycles. The Morgan fingerprint density at radius 2 is 1.88 bits per heavy atom. The van der Waals surface area contributed by atoms with E-state index in [4.69, 9.17) is 0 Å². The molecular formula is C6H4FSn. The molecule has 0 heterocycles. The van der Waals surface area contributed by atoms with Crippen LogP contribution in [0.15, 0.2) is 24.3 Å². The predicted molar refractivity (Wildman–Crippen MR) is 31.8 cm³/mol. The standard InChI is InChI=1S/C6H4F.Sn/c7-6-4-2-1-3-5-6;/h1-4H;. The van der Waals surface area contributed by atoms with Gasteiger partial charge in [-0.05, 0) is 0 Å². The van der Waals surface area contributed by atoms with E-state index in [1.54, 1.807) is 12.1 Å². The summed E-state index contributed by atoms with van der Waals surface area (Å²) in [6.07, 6.45) is 0. The summed E-state index contributed by atoms with van der Waals surface area (Å²) in [5.74, 6) is -0.0919. The van der Waals surface area contributed by atoms with E-state index in [1.807, 2.05) is 6.07 Å². The monoisotopic (exact) mass is 215 g/mol. The van der Waals surface area contributed by atoms with Crippen LogP contribution in [0.1, 0.15) is 0 Å². The van der Waals surface area contributed by atoms with E-state index in [-0.39, 0.29) is 5.82 Å². The molecule has 1 aromatic rings. The van der Waals surface area contributed by atoms with Crippen molar-refractivity contribution in [1.29, 1.82) is 0 Å². The minimum atomic E-state index is -0.0919. The second-order valence-corrected chi connectivity index (χ2v) is 3.02. The number of rotatable bonds is 0. The van der Waals surface area contributed by atoms with Gasteiger partial charge < -0.3 is 0 Å². The van der Waals surface area contributed by atoms with Crippen molar-refractivity contribution in [2.45, 2.75) is 0 Å². The average Bonchev–Trinajstić information content (AvgIpc) is 1.77. The minimum absolute atomic E-state index is 0.0919. The summed E-state index contributed by atoms with van der Waals surface area (Å²) in [7, 11) is 0. The van der Waals surface area contributed by atoms with Gasteiger partial charge in [0.2, 0.25) is 0 Å². The zero-order chi connectivity index (χ0) is 5.98. The Balaban J connectivity index is 3.13. The Morgan fingerprint density at radius 3 is 2.25 bits per heavy atom. The number of hydrogen-bond acceptors (Lipinski definition) is 0. The molecule has 8 heavy (non-hydrogen) atoms. The third-order valence-corrected chi connectivity index (χ3v) is 2.03. The van der Waals surface area contributed by atoms with Gasteiger partial charge in [0, 0.05) is 0 Å². The predicted octanol–water partition coefficient (Wildman–Crippen LogP) is 0.619. The fourth-order valence-corrected chi connectivity index (χ4v) is 0.974. The summed E-state index contributed by atoms with van der Waals surface area (Å²) in [6.45, 7) is 0. The zero-order valence-corrected chi connectivity index (χ0v) is 7.04. The molecule has 0 bridgehead atoms. The fraction of sp³-hybridized carbons (Fsp3) is 0. The van der Waals surface area contributed by atoms with Gasteiger partial charge in [-0.1, -0.05) is 0 Å². The molecule has 0 fully saturated rings. The van der Waals surface area contributed by atoms with Gasteiger partial charge in [0.1, 0.15) is 0 Å². The van der Waals surface area contributed by atoms with E-state index in [2.05, 4.69) is 0 Å². The van der Waals surface area contributed by atoms with Crippen LogP contribution in [-0.4, -0.2) is 22.5 Å². The van der Waals surface area contributed by atoms with Crippen LogP contribution in [0.25, 0.3) is 0 Å².